The monoisotopic (exact) mass is 429 g/mol. The molecule has 4 aromatic rings. The molecule has 0 unspecified atom stereocenters. The van der Waals surface area contributed by atoms with E-state index in [2.05, 4.69) is 26.7 Å². The summed E-state index contributed by atoms with van der Waals surface area (Å²) in [5, 5.41) is 26.0. The van der Waals surface area contributed by atoms with Gasteiger partial charge >= 0.3 is 0 Å². The van der Waals surface area contributed by atoms with Crippen LogP contribution in [0.5, 0.6) is 0 Å². The van der Waals surface area contributed by atoms with Gasteiger partial charge in [-0.1, -0.05) is 36.0 Å². The topological polar surface area (TPSA) is 101 Å². The minimum absolute atomic E-state index is 0.135. The van der Waals surface area contributed by atoms with Crippen molar-refractivity contribution in [3.8, 4) is 17.4 Å². The summed E-state index contributed by atoms with van der Waals surface area (Å²) < 4.78 is 3.65. The third-order valence-electron chi connectivity index (χ3n) is 4.57. The Kier molecular flexibility index (Phi) is 5.82. The molecule has 0 aliphatic carbocycles. The van der Waals surface area contributed by atoms with E-state index in [1.54, 1.807) is 11.0 Å². The largest absolute Gasteiger partial charge is 0.326 e. The van der Waals surface area contributed by atoms with Crippen molar-refractivity contribution in [1.29, 1.82) is 5.26 Å². The van der Waals surface area contributed by atoms with Crippen LogP contribution in [0.3, 0.4) is 0 Å². The second kappa shape index (κ2) is 8.85. The molecule has 0 atom stereocenters. The fourth-order valence-electron chi connectivity index (χ4n) is 3.21. The highest BCUT2D eigenvalue weighted by molar-refractivity contribution is 7.98. The maximum absolute atomic E-state index is 11.4. The Morgan fingerprint density at radius 3 is 2.68 bits per heavy atom. The lowest BCUT2D eigenvalue weighted by atomic mass is 10.2. The van der Waals surface area contributed by atoms with Gasteiger partial charge in [0.2, 0.25) is 5.91 Å². The van der Waals surface area contributed by atoms with Crippen LogP contribution in [0.25, 0.3) is 11.4 Å². The number of nitriles is 1. The first-order valence-electron chi connectivity index (χ1n) is 9.51. The van der Waals surface area contributed by atoms with Crippen molar-refractivity contribution in [2.75, 3.05) is 5.32 Å². The van der Waals surface area contributed by atoms with Gasteiger partial charge in [0, 0.05) is 18.4 Å². The Morgan fingerprint density at radius 1 is 1.16 bits per heavy atom. The van der Waals surface area contributed by atoms with E-state index in [0.29, 0.717) is 27.9 Å². The standard InChI is InChI=1S/C22H19N7OS/c1-15-20(12-23)21(29(27-15)18-8-4-3-5-9-18)13-31-22-26-24-14-28(22)19-10-6-7-17(11-19)25-16(2)30/h3-11,14H,13H2,1-2H3,(H,25,30). The number of hydrogen-bond donors (Lipinski definition) is 1. The number of aryl methyl sites for hydroxylation is 1. The molecule has 0 aliphatic heterocycles. The fourth-order valence-corrected chi connectivity index (χ4v) is 4.14. The van der Waals surface area contributed by atoms with Crippen LogP contribution in [0, 0.1) is 18.3 Å². The zero-order valence-corrected chi connectivity index (χ0v) is 17.8. The lowest BCUT2D eigenvalue weighted by Gasteiger charge is -2.10. The van der Waals surface area contributed by atoms with Crippen LogP contribution < -0.4 is 5.32 Å². The molecule has 4 rings (SSSR count). The summed E-state index contributed by atoms with van der Waals surface area (Å²) in [6.45, 7) is 3.31. The Hall–Kier alpha value is -3.90. The Bertz CT molecular complexity index is 1270. The van der Waals surface area contributed by atoms with Crippen LogP contribution in [0.2, 0.25) is 0 Å². The number of amides is 1. The van der Waals surface area contributed by atoms with Gasteiger partial charge in [-0.3, -0.25) is 9.36 Å². The number of anilines is 1. The fraction of sp³-hybridized carbons (Fsp3) is 0.136. The van der Waals surface area contributed by atoms with Crippen LogP contribution in [0.1, 0.15) is 23.9 Å². The molecule has 154 valence electrons. The molecule has 2 heterocycles. The summed E-state index contributed by atoms with van der Waals surface area (Å²) in [4.78, 5) is 11.4. The van der Waals surface area contributed by atoms with Gasteiger partial charge in [-0.25, -0.2) is 4.68 Å². The zero-order valence-electron chi connectivity index (χ0n) is 17.0. The first-order chi connectivity index (χ1) is 15.1. The SMILES string of the molecule is CC(=O)Nc1cccc(-n2cnnc2SCc2c(C#N)c(C)nn2-c2ccccc2)c1. The summed E-state index contributed by atoms with van der Waals surface area (Å²) in [5.74, 6) is 0.354. The molecule has 2 aromatic carbocycles. The molecule has 8 nitrogen and oxygen atoms in total. The van der Waals surface area contributed by atoms with Crippen LogP contribution in [0.15, 0.2) is 66.1 Å². The minimum atomic E-state index is -0.135. The van der Waals surface area contributed by atoms with Gasteiger partial charge in [0.25, 0.3) is 0 Å². The predicted molar refractivity (Wildman–Crippen MR) is 118 cm³/mol. The normalized spacial score (nSPS) is 10.6. The molecule has 0 radical (unpaired) electrons. The molecule has 9 heteroatoms. The number of aromatic nitrogens is 5. The van der Waals surface area contributed by atoms with Crippen molar-refractivity contribution >= 4 is 23.4 Å². The number of carbonyl (C=O) groups is 1. The van der Waals surface area contributed by atoms with Gasteiger partial charge in [0.15, 0.2) is 5.16 Å². The molecule has 0 spiro atoms. The van der Waals surface area contributed by atoms with Crippen molar-refractivity contribution in [3.63, 3.8) is 0 Å². The second-order valence-corrected chi connectivity index (χ2v) is 7.71. The molecule has 1 amide bonds. The van der Waals surface area contributed by atoms with E-state index in [1.165, 1.54) is 18.7 Å². The van der Waals surface area contributed by atoms with E-state index >= 15 is 0 Å². The predicted octanol–water partition coefficient (Wildman–Crippen LogP) is 3.88. The number of carbonyl (C=O) groups excluding carboxylic acids is 1. The maximum Gasteiger partial charge on any atom is 0.221 e. The molecule has 0 saturated carbocycles. The zero-order chi connectivity index (χ0) is 21.8. The van der Waals surface area contributed by atoms with Crippen molar-refractivity contribution in [2.45, 2.75) is 24.8 Å². The number of hydrogen-bond acceptors (Lipinski definition) is 6. The van der Waals surface area contributed by atoms with Crippen molar-refractivity contribution in [3.05, 3.63) is 77.9 Å². The third kappa shape index (κ3) is 4.34. The Balaban J connectivity index is 1.64. The molecule has 0 aliphatic rings. The molecular weight excluding hydrogens is 410 g/mol. The summed E-state index contributed by atoms with van der Waals surface area (Å²) >= 11 is 1.46. The molecule has 1 N–H and O–H groups in total. The van der Waals surface area contributed by atoms with Gasteiger partial charge in [-0.15, -0.1) is 10.2 Å². The first-order valence-corrected chi connectivity index (χ1v) is 10.5. The van der Waals surface area contributed by atoms with E-state index in [-0.39, 0.29) is 5.91 Å². The van der Waals surface area contributed by atoms with Gasteiger partial charge < -0.3 is 5.32 Å². The number of nitrogens with one attached hydrogen (secondary N) is 1. The highest BCUT2D eigenvalue weighted by Gasteiger charge is 2.18. The van der Waals surface area contributed by atoms with Crippen LogP contribution in [-0.2, 0) is 10.5 Å². The van der Waals surface area contributed by atoms with E-state index in [1.807, 2.05) is 66.1 Å². The molecule has 0 fully saturated rings. The van der Waals surface area contributed by atoms with Gasteiger partial charge in [-0.2, -0.15) is 10.4 Å². The second-order valence-electron chi connectivity index (χ2n) is 6.77. The first kappa shape index (κ1) is 20.4. The van der Waals surface area contributed by atoms with Crippen molar-refractivity contribution in [2.24, 2.45) is 0 Å². The van der Waals surface area contributed by atoms with E-state index in [4.69, 9.17) is 0 Å². The van der Waals surface area contributed by atoms with E-state index in [0.717, 1.165) is 17.1 Å². The molecule has 31 heavy (non-hydrogen) atoms. The number of benzene rings is 2. The average Bonchev–Trinajstić information content (AvgIpc) is 3.36. The van der Waals surface area contributed by atoms with E-state index < -0.39 is 0 Å². The lowest BCUT2D eigenvalue weighted by molar-refractivity contribution is -0.114. The smallest absolute Gasteiger partial charge is 0.221 e. The highest BCUT2D eigenvalue weighted by atomic mass is 32.2. The number of thioether (sulfide) groups is 1. The molecule has 0 bridgehead atoms. The van der Waals surface area contributed by atoms with Crippen LogP contribution in [-0.4, -0.2) is 30.5 Å². The van der Waals surface area contributed by atoms with Gasteiger partial charge in [-0.05, 0) is 37.3 Å². The maximum atomic E-state index is 11.4. The molecule has 2 aromatic heterocycles. The minimum Gasteiger partial charge on any atom is -0.326 e. The van der Waals surface area contributed by atoms with Gasteiger partial charge in [0.1, 0.15) is 12.4 Å². The van der Waals surface area contributed by atoms with Crippen molar-refractivity contribution in [1.82, 2.24) is 24.5 Å². The summed E-state index contributed by atoms with van der Waals surface area (Å²) in [7, 11) is 0. The summed E-state index contributed by atoms with van der Waals surface area (Å²) in [6.07, 6.45) is 1.63. The molecule has 0 saturated heterocycles. The Labute approximate surface area is 183 Å². The van der Waals surface area contributed by atoms with Crippen LogP contribution in [0.4, 0.5) is 5.69 Å². The molecular formula is C22H19N7OS. The van der Waals surface area contributed by atoms with Crippen LogP contribution >= 0.6 is 11.8 Å². The average molecular weight is 430 g/mol. The summed E-state index contributed by atoms with van der Waals surface area (Å²) in [5.41, 5.74) is 4.47. The third-order valence-corrected chi connectivity index (χ3v) is 5.52. The lowest BCUT2D eigenvalue weighted by Crippen LogP contribution is -2.06. The number of rotatable bonds is 6. The van der Waals surface area contributed by atoms with E-state index in [9.17, 15) is 10.1 Å². The highest BCUT2D eigenvalue weighted by Crippen LogP contribution is 2.28. The van der Waals surface area contributed by atoms with Gasteiger partial charge in [0.05, 0.1) is 28.3 Å². The van der Waals surface area contributed by atoms with Crippen molar-refractivity contribution < 1.29 is 4.79 Å². The number of nitrogens with zero attached hydrogens (tertiary/aromatic N) is 6. The Morgan fingerprint density at radius 2 is 1.94 bits per heavy atom. The summed E-state index contributed by atoms with van der Waals surface area (Å²) in [6, 6.07) is 19.5. The quantitative estimate of drug-likeness (QED) is 0.467. The number of para-hydroxylation sites is 1.